The Bertz CT molecular complexity index is 967. The van der Waals surface area contributed by atoms with Crippen molar-refractivity contribution in [2.45, 2.75) is 50.7 Å². The Morgan fingerprint density at radius 3 is 2.90 bits per heavy atom. The summed E-state index contributed by atoms with van der Waals surface area (Å²) in [5, 5.41) is 15.8. The van der Waals surface area contributed by atoms with Crippen LogP contribution < -0.4 is 10.6 Å². The van der Waals surface area contributed by atoms with E-state index in [1.807, 2.05) is 0 Å². The van der Waals surface area contributed by atoms with Gasteiger partial charge in [-0.25, -0.2) is 4.79 Å². The fraction of sp³-hybridized carbons (Fsp3) is 0.381. The van der Waals surface area contributed by atoms with Gasteiger partial charge in [0.2, 0.25) is 5.91 Å². The van der Waals surface area contributed by atoms with Crippen LogP contribution in [0.15, 0.2) is 29.1 Å². The lowest BCUT2D eigenvalue weighted by atomic mass is 9.93. The van der Waals surface area contributed by atoms with E-state index in [2.05, 4.69) is 16.7 Å². The zero-order chi connectivity index (χ0) is 20.2. The molecule has 29 heavy (non-hydrogen) atoms. The molecule has 7 nitrogen and oxygen atoms in total. The molecule has 0 spiro atoms. The molecule has 2 heterocycles. The number of carbonyl (C=O) groups is 2. The topological polar surface area (TPSA) is 104 Å². The van der Waals surface area contributed by atoms with E-state index < -0.39 is 0 Å². The fourth-order valence-corrected chi connectivity index (χ4v) is 4.73. The van der Waals surface area contributed by atoms with E-state index in [1.165, 1.54) is 29.9 Å². The first-order chi connectivity index (χ1) is 14.1. The summed E-state index contributed by atoms with van der Waals surface area (Å²) in [6.45, 7) is 0. The number of furan rings is 1. The number of amides is 2. The van der Waals surface area contributed by atoms with E-state index in [4.69, 9.17) is 9.15 Å². The number of thiophene rings is 1. The molecule has 0 aliphatic heterocycles. The predicted molar refractivity (Wildman–Crippen MR) is 108 cm³/mol. The van der Waals surface area contributed by atoms with E-state index in [0.29, 0.717) is 29.8 Å². The van der Waals surface area contributed by atoms with Crippen molar-refractivity contribution in [1.82, 2.24) is 5.32 Å². The average Bonchev–Trinajstić information content (AvgIpc) is 3.30. The molecule has 0 aromatic carbocycles. The van der Waals surface area contributed by atoms with Gasteiger partial charge >= 0.3 is 6.09 Å². The van der Waals surface area contributed by atoms with Gasteiger partial charge in [0.05, 0.1) is 18.1 Å². The van der Waals surface area contributed by atoms with Gasteiger partial charge < -0.3 is 19.8 Å². The number of hydrogen-bond donors (Lipinski definition) is 2. The molecule has 2 aromatic rings. The third kappa shape index (κ3) is 4.51. The van der Waals surface area contributed by atoms with Gasteiger partial charge in [0.1, 0.15) is 17.2 Å². The summed E-state index contributed by atoms with van der Waals surface area (Å²) in [6.07, 6.45) is 10.6. The minimum Gasteiger partial charge on any atom is -0.472 e. The number of carbonyl (C=O) groups excluding carboxylic acids is 2. The summed E-state index contributed by atoms with van der Waals surface area (Å²) in [5.74, 6) is -0.311. The molecule has 1 saturated carbocycles. The molecule has 1 fully saturated rings. The van der Waals surface area contributed by atoms with Crippen LogP contribution in [0.1, 0.15) is 47.3 Å². The molecule has 4 rings (SSSR count). The summed E-state index contributed by atoms with van der Waals surface area (Å²) in [7, 11) is 0. The summed E-state index contributed by atoms with van der Waals surface area (Å²) in [5.41, 5.74) is 2.24. The Balaban J connectivity index is 1.39. The first-order valence-electron chi connectivity index (χ1n) is 9.65. The Hall–Kier alpha value is -3.05. The van der Waals surface area contributed by atoms with Crippen LogP contribution >= 0.6 is 11.3 Å². The highest BCUT2D eigenvalue weighted by atomic mass is 32.1. The maximum Gasteiger partial charge on any atom is 0.407 e. The normalized spacial score (nSPS) is 18.5. The van der Waals surface area contributed by atoms with E-state index in [9.17, 15) is 14.9 Å². The molecule has 2 aromatic heterocycles. The molecule has 150 valence electrons. The Kier molecular flexibility index (Phi) is 5.67. The second-order valence-corrected chi connectivity index (χ2v) is 8.35. The standard InChI is InChI=1S/C21H21N3O4S/c22-11-17-16-6-5-15(28-21(26)23-14-2-1-3-14)10-18(16)29-20(17)24-19(25)7-4-13-8-9-27-12-13/h4,7-9,12,14-15H,1-3,5-6,10H2,(H,23,26)(H,24,25)/b7-4+. The van der Waals surface area contributed by atoms with Gasteiger partial charge in [-0.15, -0.1) is 11.3 Å². The third-order valence-electron chi connectivity index (χ3n) is 5.24. The number of ether oxygens (including phenoxy) is 1. The largest absolute Gasteiger partial charge is 0.472 e. The Morgan fingerprint density at radius 1 is 1.34 bits per heavy atom. The summed E-state index contributed by atoms with van der Waals surface area (Å²) in [4.78, 5) is 25.2. The van der Waals surface area contributed by atoms with Crippen molar-refractivity contribution in [2.75, 3.05) is 5.32 Å². The number of alkyl carbamates (subject to hydrolysis) is 1. The smallest absolute Gasteiger partial charge is 0.407 e. The van der Waals surface area contributed by atoms with Gasteiger partial charge in [0, 0.05) is 29.0 Å². The van der Waals surface area contributed by atoms with Gasteiger partial charge in [-0.3, -0.25) is 4.79 Å². The molecule has 1 unspecified atom stereocenters. The van der Waals surface area contributed by atoms with Crippen LogP contribution in [0.3, 0.4) is 0 Å². The molecule has 0 radical (unpaired) electrons. The van der Waals surface area contributed by atoms with Crippen molar-refractivity contribution >= 4 is 34.4 Å². The summed E-state index contributed by atoms with van der Waals surface area (Å²) >= 11 is 1.38. The van der Waals surface area contributed by atoms with E-state index in [0.717, 1.165) is 35.3 Å². The minimum absolute atomic E-state index is 0.211. The molecule has 1 atom stereocenters. The number of nitrogens with zero attached hydrogens (tertiary/aromatic N) is 1. The van der Waals surface area contributed by atoms with E-state index in [-0.39, 0.29) is 24.1 Å². The van der Waals surface area contributed by atoms with Crippen LogP contribution in [-0.4, -0.2) is 24.1 Å². The van der Waals surface area contributed by atoms with Crippen molar-refractivity contribution in [1.29, 1.82) is 5.26 Å². The fourth-order valence-electron chi connectivity index (χ4n) is 3.46. The SMILES string of the molecule is N#Cc1c(NC(=O)/C=C/c2ccoc2)sc2c1CCC(OC(=O)NC1CCC1)C2. The molecule has 2 aliphatic rings. The number of anilines is 1. The molecule has 8 heteroatoms. The van der Waals surface area contributed by atoms with Crippen LogP contribution in [0.2, 0.25) is 0 Å². The second kappa shape index (κ2) is 8.53. The van der Waals surface area contributed by atoms with Crippen LogP contribution in [0.25, 0.3) is 6.08 Å². The average molecular weight is 411 g/mol. The molecule has 0 saturated heterocycles. The zero-order valence-electron chi connectivity index (χ0n) is 15.8. The van der Waals surface area contributed by atoms with Crippen LogP contribution in [-0.2, 0) is 22.4 Å². The quantitative estimate of drug-likeness (QED) is 0.724. The summed E-state index contributed by atoms with van der Waals surface area (Å²) < 4.78 is 10.5. The molecule has 2 amide bonds. The van der Waals surface area contributed by atoms with Gasteiger partial charge in [-0.05, 0) is 49.8 Å². The molecule has 2 aliphatic carbocycles. The lowest BCUT2D eigenvalue weighted by Gasteiger charge is -2.28. The molecular formula is C21H21N3O4S. The molecule has 0 bridgehead atoms. The maximum atomic E-state index is 12.2. The first-order valence-corrected chi connectivity index (χ1v) is 10.5. The first kappa shape index (κ1) is 19.3. The molecular weight excluding hydrogens is 390 g/mol. The predicted octanol–water partition coefficient (Wildman–Crippen LogP) is 4.00. The second-order valence-electron chi connectivity index (χ2n) is 7.24. The summed E-state index contributed by atoms with van der Waals surface area (Å²) in [6, 6.07) is 4.20. The van der Waals surface area contributed by atoms with Crippen LogP contribution in [0.5, 0.6) is 0 Å². The van der Waals surface area contributed by atoms with Crippen LogP contribution in [0, 0.1) is 11.3 Å². The number of nitriles is 1. The zero-order valence-corrected chi connectivity index (χ0v) is 16.6. The van der Waals surface area contributed by atoms with Gasteiger partial charge in [0.15, 0.2) is 0 Å². The highest BCUT2D eigenvalue weighted by molar-refractivity contribution is 7.16. The van der Waals surface area contributed by atoms with Crippen LogP contribution in [0.4, 0.5) is 9.80 Å². The number of hydrogen-bond acceptors (Lipinski definition) is 6. The number of nitrogens with one attached hydrogen (secondary N) is 2. The Morgan fingerprint density at radius 2 is 2.21 bits per heavy atom. The van der Waals surface area contributed by atoms with Crippen molar-refractivity contribution in [3.05, 3.63) is 46.2 Å². The molecule has 2 N–H and O–H groups in total. The van der Waals surface area contributed by atoms with Crippen molar-refractivity contribution < 1.29 is 18.7 Å². The third-order valence-corrected chi connectivity index (χ3v) is 6.41. The highest BCUT2D eigenvalue weighted by Gasteiger charge is 2.29. The van der Waals surface area contributed by atoms with Gasteiger partial charge in [-0.1, -0.05) is 0 Å². The van der Waals surface area contributed by atoms with E-state index in [1.54, 1.807) is 12.1 Å². The van der Waals surface area contributed by atoms with Crippen molar-refractivity contribution in [3.8, 4) is 6.07 Å². The minimum atomic E-state index is -0.363. The van der Waals surface area contributed by atoms with E-state index >= 15 is 0 Å². The maximum absolute atomic E-state index is 12.2. The van der Waals surface area contributed by atoms with Crippen molar-refractivity contribution in [2.24, 2.45) is 0 Å². The lowest BCUT2D eigenvalue weighted by molar-refractivity contribution is -0.111. The Labute approximate surface area is 172 Å². The van der Waals surface area contributed by atoms with Gasteiger partial charge in [0.25, 0.3) is 0 Å². The number of rotatable bonds is 5. The van der Waals surface area contributed by atoms with Crippen molar-refractivity contribution in [3.63, 3.8) is 0 Å². The number of fused-ring (bicyclic) bond motifs is 1. The highest BCUT2D eigenvalue weighted by Crippen LogP contribution is 2.38. The lowest BCUT2D eigenvalue weighted by Crippen LogP contribution is -2.41. The monoisotopic (exact) mass is 411 g/mol. The van der Waals surface area contributed by atoms with Gasteiger partial charge in [-0.2, -0.15) is 5.26 Å².